The zero-order valence-corrected chi connectivity index (χ0v) is 13.8. The largest absolute Gasteiger partial charge is 0.480 e. The number of carboxylic acids is 1. The van der Waals surface area contributed by atoms with Gasteiger partial charge >= 0.3 is 12.0 Å². The Morgan fingerprint density at radius 1 is 1.40 bits per heavy atom. The van der Waals surface area contributed by atoms with Gasteiger partial charge < -0.3 is 15.3 Å². The van der Waals surface area contributed by atoms with E-state index in [2.05, 4.69) is 21.2 Å². The number of nitrogens with one attached hydrogen (secondary N) is 1. The number of carboxylic acid groups (broad SMARTS) is 1. The first-order valence-corrected chi connectivity index (χ1v) is 8.13. The minimum Gasteiger partial charge on any atom is -0.480 e. The number of urea groups is 1. The number of nitrogens with zero attached hydrogens (tertiary/aromatic N) is 1. The lowest BCUT2D eigenvalue weighted by molar-refractivity contribution is -0.140. The average molecular weight is 400 g/mol. The SMILES string of the molecule is O=C(O)[C@@H]1CSCN1C(=O)Nc1c(Cl)cc(Br)cc1Cl. The van der Waals surface area contributed by atoms with E-state index in [9.17, 15) is 9.59 Å². The van der Waals surface area contributed by atoms with Gasteiger partial charge in [0.25, 0.3) is 0 Å². The summed E-state index contributed by atoms with van der Waals surface area (Å²) in [6, 6.07) is 1.81. The Hall–Kier alpha value is -0.630. The van der Waals surface area contributed by atoms with Crippen LogP contribution in [0.2, 0.25) is 10.0 Å². The van der Waals surface area contributed by atoms with Crippen LogP contribution in [0.5, 0.6) is 0 Å². The standard InChI is InChI=1S/C11H9BrCl2N2O3S/c12-5-1-6(13)9(7(14)2-5)15-11(19)16-4-20-3-8(16)10(17)18/h1-2,8H,3-4H2,(H,15,19)(H,17,18)/t8-/m0/s1. The quantitative estimate of drug-likeness (QED) is 0.794. The number of hydrogen-bond acceptors (Lipinski definition) is 3. The molecule has 1 aromatic carbocycles. The minimum atomic E-state index is -1.03. The number of benzene rings is 1. The molecule has 2 N–H and O–H groups in total. The average Bonchev–Trinajstić information content (AvgIpc) is 2.82. The Balaban J connectivity index is 2.18. The maximum Gasteiger partial charge on any atom is 0.327 e. The number of anilines is 1. The molecule has 1 aromatic rings. The molecule has 20 heavy (non-hydrogen) atoms. The lowest BCUT2D eigenvalue weighted by atomic mass is 10.3. The van der Waals surface area contributed by atoms with Gasteiger partial charge in [-0.15, -0.1) is 11.8 Å². The first-order chi connectivity index (χ1) is 9.40. The van der Waals surface area contributed by atoms with E-state index in [0.717, 1.165) is 0 Å². The van der Waals surface area contributed by atoms with Crippen molar-refractivity contribution in [2.24, 2.45) is 0 Å². The Morgan fingerprint density at radius 3 is 2.55 bits per heavy atom. The molecule has 1 heterocycles. The number of halogens is 3. The first kappa shape index (κ1) is 15.8. The summed E-state index contributed by atoms with van der Waals surface area (Å²) in [6.45, 7) is 0. The monoisotopic (exact) mass is 398 g/mol. The number of carbonyl (C=O) groups is 2. The normalized spacial score (nSPS) is 18.1. The highest BCUT2D eigenvalue weighted by molar-refractivity contribution is 9.10. The maximum atomic E-state index is 12.1. The Bertz CT molecular complexity index is 550. The van der Waals surface area contributed by atoms with Gasteiger partial charge in [-0.1, -0.05) is 39.1 Å². The van der Waals surface area contributed by atoms with Crippen LogP contribution in [0.25, 0.3) is 0 Å². The van der Waals surface area contributed by atoms with Crippen LogP contribution in [-0.4, -0.2) is 39.7 Å². The topological polar surface area (TPSA) is 69.6 Å². The van der Waals surface area contributed by atoms with E-state index >= 15 is 0 Å². The zero-order valence-electron chi connectivity index (χ0n) is 9.90. The van der Waals surface area contributed by atoms with Gasteiger partial charge in [0.05, 0.1) is 21.6 Å². The van der Waals surface area contributed by atoms with Gasteiger partial charge in [-0.05, 0) is 12.1 Å². The summed E-state index contributed by atoms with van der Waals surface area (Å²) in [5, 5.41) is 12.2. The minimum absolute atomic E-state index is 0.266. The van der Waals surface area contributed by atoms with E-state index in [1.54, 1.807) is 12.1 Å². The fraction of sp³-hybridized carbons (Fsp3) is 0.273. The first-order valence-electron chi connectivity index (χ1n) is 5.43. The highest BCUT2D eigenvalue weighted by Crippen LogP contribution is 2.34. The highest BCUT2D eigenvalue weighted by Gasteiger charge is 2.35. The fourth-order valence-corrected chi connectivity index (χ4v) is 4.14. The van der Waals surface area contributed by atoms with Crippen LogP contribution in [-0.2, 0) is 4.79 Å². The Labute approximate surface area is 137 Å². The van der Waals surface area contributed by atoms with Gasteiger partial charge in [-0.3, -0.25) is 0 Å². The van der Waals surface area contributed by atoms with Gasteiger partial charge in [0.15, 0.2) is 0 Å². The second-order valence-electron chi connectivity index (χ2n) is 4.00. The molecule has 1 saturated heterocycles. The maximum absolute atomic E-state index is 12.1. The molecule has 1 atom stereocenters. The second kappa shape index (κ2) is 6.43. The molecule has 1 aliphatic rings. The van der Waals surface area contributed by atoms with Crippen molar-refractivity contribution in [3.05, 3.63) is 26.7 Å². The molecule has 108 valence electrons. The highest BCUT2D eigenvalue weighted by atomic mass is 79.9. The van der Waals surface area contributed by atoms with Crippen molar-refractivity contribution in [3.63, 3.8) is 0 Å². The van der Waals surface area contributed by atoms with E-state index < -0.39 is 18.0 Å². The molecule has 0 spiro atoms. The van der Waals surface area contributed by atoms with Crippen LogP contribution in [0.15, 0.2) is 16.6 Å². The summed E-state index contributed by atoms with van der Waals surface area (Å²) in [7, 11) is 0. The molecule has 0 aromatic heterocycles. The van der Waals surface area contributed by atoms with E-state index in [-0.39, 0.29) is 15.7 Å². The smallest absolute Gasteiger partial charge is 0.327 e. The number of aliphatic carboxylic acids is 1. The Kier molecular flexibility index (Phi) is 5.06. The van der Waals surface area contributed by atoms with Crippen LogP contribution in [0.4, 0.5) is 10.5 Å². The lowest BCUT2D eigenvalue weighted by Gasteiger charge is -2.21. The van der Waals surface area contributed by atoms with E-state index in [1.165, 1.54) is 16.7 Å². The molecule has 0 radical (unpaired) electrons. The van der Waals surface area contributed by atoms with Crippen LogP contribution in [0, 0.1) is 0 Å². The van der Waals surface area contributed by atoms with Gasteiger partial charge in [-0.25, -0.2) is 9.59 Å². The summed E-state index contributed by atoms with van der Waals surface area (Å²) in [5.41, 5.74) is 0.266. The van der Waals surface area contributed by atoms with Gasteiger partial charge in [-0.2, -0.15) is 0 Å². The molecular formula is C11H9BrCl2N2O3S. The third-order valence-corrected chi connectivity index (χ3v) is 4.73. The van der Waals surface area contributed by atoms with Gasteiger partial charge in [0.2, 0.25) is 0 Å². The summed E-state index contributed by atoms with van der Waals surface area (Å²) >= 11 is 16.6. The van der Waals surface area contributed by atoms with E-state index in [0.29, 0.717) is 16.1 Å². The summed E-state index contributed by atoms with van der Waals surface area (Å²) < 4.78 is 0.686. The van der Waals surface area contributed by atoms with E-state index in [1.807, 2.05) is 0 Å². The molecule has 2 amide bonds. The van der Waals surface area contributed by atoms with Crippen molar-refractivity contribution in [2.45, 2.75) is 6.04 Å². The van der Waals surface area contributed by atoms with Crippen LogP contribution in [0.1, 0.15) is 0 Å². The van der Waals surface area contributed by atoms with Crippen molar-refractivity contribution in [1.82, 2.24) is 4.90 Å². The molecule has 9 heteroatoms. The number of carbonyl (C=O) groups excluding carboxylic acids is 1. The molecule has 0 unspecified atom stereocenters. The zero-order chi connectivity index (χ0) is 14.9. The van der Waals surface area contributed by atoms with Crippen LogP contribution in [0.3, 0.4) is 0 Å². The molecule has 5 nitrogen and oxygen atoms in total. The van der Waals surface area contributed by atoms with Crippen molar-refractivity contribution in [2.75, 3.05) is 16.9 Å². The third kappa shape index (κ3) is 3.33. The molecule has 2 rings (SSSR count). The molecule has 1 fully saturated rings. The molecule has 1 aliphatic heterocycles. The second-order valence-corrected chi connectivity index (χ2v) is 6.73. The Morgan fingerprint density at radius 2 is 2.00 bits per heavy atom. The van der Waals surface area contributed by atoms with Gasteiger partial charge in [0, 0.05) is 10.2 Å². The molecule has 0 saturated carbocycles. The predicted molar refractivity (Wildman–Crippen MR) is 83.8 cm³/mol. The third-order valence-electron chi connectivity index (χ3n) is 2.67. The van der Waals surface area contributed by atoms with Crippen LogP contribution >= 0.6 is 50.9 Å². The molecular weight excluding hydrogens is 391 g/mol. The number of amides is 2. The predicted octanol–water partition coefficient (Wildman–Crippen LogP) is 3.75. The number of rotatable bonds is 2. The van der Waals surface area contributed by atoms with Crippen molar-refractivity contribution in [1.29, 1.82) is 0 Å². The summed E-state index contributed by atoms with van der Waals surface area (Å²) in [5.74, 6) is -0.350. The number of thioether (sulfide) groups is 1. The van der Waals surface area contributed by atoms with Crippen molar-refractivity contribution < 1.29 is 14.7 Å². The molecule has 0 aliphatic carbocycles. The van der Waals surface area contributed by atoms with Crippen molar-refractivity contribution in [3.8, 4) is 0 Å². The summed E-state index contributed by atoms with van der Waals surface area (Å²) in [6.07, 6.45) is 0. The molecule has 0 bridgehead atoms. The van der Waals surface area contributed by atoms with E-state index in [4.69, 9.17) is 28.3 Å². The van der Waals surface area contributed by atoms with Crippen LogP contribution < -0.4 is 5.32 Å². The number of hydrogen-bond donors (Lipinski definition) is 2. The van der Waals surface area contributed by atoms with Gasteiger partial charge in [0.1, 0.15) is 6.04 Å². The van der Waals surface area contributed by atoms with Crippen molar-refractivity contribution >= 4 is 68.6 Å². The lowest BCUT2D eigenvalue weighted by Crippen LogP contribution is -2.44. The summed E-state index contributed by atoms with van der Waals surface area (Å²) in [4.78, 5) is 24.4. The fourth-order valence-electron chi connectivity index (χ4n) is 1.69.